The van der Waals surface area contributed by atoms with Gasteiger partial charge in [0.05, 0.1) is 6.20 Å². The molecule has 0 radical (unpaired) electrons. The van der Waals surface area contributed by atoms with E-state index in [-0.39, 0.29) is 12.1 Å². The standard InChI is InChI=1S/C14H20N6O3/c1-9(2)4-5-15-14(23)18-11(21)7-20-8-16-12-10(13(20)22)6-17-19(12)3/h6,8-9H,4-5,7H2,1-3H3,(H2,15,18,21,23). The number of carbonyl (C=O) groups is 2. The smallest absolute Gasteiger partial charge is 0.321 e. The summed E-state index contributed by atoms with van der Waals surface area (Å²) in [5, 5.41) is 9.05. The molecule has 0 unspecified atom stereocenters. The van der Waals surface area contributed by atoms with Gasteiger partial charge in [-0.05, 0) is 12.3 Å². The van der Waals surface area contributed by atoms with Crippen LogP contribution in [0.1, 0.15) is 20.3 Å². The number of fused-ring (bicyclic) bond motifs is 1. The zero-order valence-electron chi connectivity index (χ0n) is 13.4. The Kier molecular flexibility index (Phi) is 5.09. The van der Waals surface area contributed by atoms with Crippen molar-refractivity contribution in [1.29, 1.82) is 0 Å². The van der Waals surface area contributed by atoms with E-state index in [0.29, 0.717) is 23.5 Å². The average molecular weight is 320 g/mol. The quantitative estimate of drug-likeness (QED) is 0.805. The van der Waals surface area contributed by atoms with Crippen LogP contribution in [-0.2, 0) is 18.4 Å². The van der Waals surface area contributed by atoms with Crippen molar-refractivity contribution < 1.29 is 9.59 Å². The number of imide groups is 1. The molecule has 124 valence electrons. The lowest BCUT2D eigenvalue weighted by molar-refractivity contribution is -0.120. The molecule has 9 nitrogen and oxygen atoms in total. The molecule has 0 fully saturated rings. The molecule has 0 aromatic carbocycles. The predicted octanol–water partition coefficient (Wildman–Crippen LogP) is 0.00190. The van der Waals surface area contributed by atoms with Gasteiger partial charge in [-0.3, -0.25) is 24.2 Å². The van der Waals surface area contributed by atoms with Gasteiger partial charge in [-0.25, -0.2) is 9.78 Å². The number of nitrogens with zero attached hydrogens (tertiary/aromatic N) is 4. The zero-order valence-corrected chi connectivity index (χ0v) is 13.4. The van der Waals surface area contributed by atoms with Crippen LogP contribution in [0, 0.1) is 5.92 Å². The van der Waals surface area contributed by atoms with Gasteiger partial charge in [0.15, 0.2) is 5.65 Å². The Morgan fingerprint density at radius 3 is 2.78 bits per heavy atom. The second-order valence-corrected chi connectivity index (χ2v) is 5.67. The minimum atomic E-state index is -0.584. The Morgan fingerprint density at radius 1 is 1.35 bits per heavy atom. The topological polar surface area (TPSA) is 111 Å². The molecule has 0 aliphatic rings. The van der Waals surface area contributed by atoms with Gasteiger partial charge in [-0.1, -0.05) is 13.8 Å². The SMILES string of the molecule is CC(C)CCNC(=O)NC(=O)Cn1cnc2c(cnn2C)c1=O. The Morgan fingerprint density at radius 2 is 2.09 bits per heavy atom. The number of aromatic nitrogens is 4. The first kappa shape index (κ1) is 16.7. The monoisotopic (exact) mass is 320 g/mol. The lowest BCUT2D eigenvalue weighted by Gasteiger charge is -2.09. The van der Waals surface area contributed by atoms with E-state index in [1.165, 1.54) is 17.2 Å². The van der Waals surface area contributed by atoms with Crippen LogP contribution in [-0.4, -0.2) is 37.8 Å². The largest absolute Gasteiger partial charge is 0.338 e. The second kappa shape index (κ2) is 7.03. The lowest BCUT2D eigenvalue weighted by atomic mass is 10.1. The third-order valence-corrected chi connectivity index (χ3v) is 3.29. The number of nitrogens with one attached hydrogen (secondary N) is 2. The van der Waals surface area contributed by atoms with E-state index in [1.807, 2.05) is 13.8 Å². The van der Waals surface area contributed by atoms with Crippen LogP contribution in [0.4, 0.5) is 4.79 Å². The third kappa shape index (κ3) is 4.15. The van der Waals surface area contributed by atoms with Gasteiger partial charge >= 0.3 is 6.03 Å². The molecule has 9 heteroatoms. The van der Waals surface area contributed by atoms with E-state index in [0.717, 1.165) is 11.0 Å². The van der Waals surface area contributed by atoms with E-state index in [1.54, 1.807) is 7.05 Å². The van der Waals surface area contributed by atoms with Crippen molar-refractivity contribution in [3.63, 3.8) is 0 Å². The summed E-state index contributed by atoms with van der Waals surface area (Å²) in [7, 11) is 1.67. The Balaban J connectivity index is 1.96. The summed E-state index contributed by atoms with van der Waals surface area (Å²) < 4.78 is 2.62. The van der Waals surface area contributed by atoms with Gasteiger partial charge in [0.25, 0.3) is 5.56 Å². The van der Waals surface area contributed by atoms with Gasteiger partial charge in [0.2, 0.25) is 5.91 Å². The highest BCUT2D eigenvalue weighted by Gasteiger charge is 2.12. The summed E-state index contributed by atoms with van der Waals surface area (Å²) in [5.41, 5.74) is 0.0663. The van der Waals surface area contributed by atoms with Crippen molar-refractivity contribution in [2.75, 3.05) is 6.54 Å². The molecular weight excluding hydrogens is 300 g/mol. The van der Waals surface area contributed by atoms with Gasteiger partial charge in [0, 0.05) is 13.6 Å². The summed E-state index contributed by atoms with van der Waals surface area (Å²) in [6.07, 6.45) is 3.49. The molecular formula is C14H20N6O3. The van der Waals surface area contributed by atoms with Gasteiger partial charge < -0.3 is 5.32 Å². The first-order chi connectivity index (χ1) is 10.9. The summed E-state index contributed by atoms with van der Waals surface area (Å²) >= 11 is 0. The molecule has 0 spiro atoms. The van der Waals surface area contributed by atoms with Crippen LogP contribution >= 0.6 is 0 Å². The summed E-state index contributed by atoms with van der Waals surface area (Å²) in [6, 6.07) is -0.570. The predicted molar refractivity (Wildman–Crippen MR) is 83.8 cm³/mol. The minimum absolute atomic E-state index is 0.283. The van der Waals surface area contributed by atoms with Crippen molar-refractivity contribution in [1.82, 2.24) is 30.0 Å². The highest BCUT2D eigenvalue weighted by atomic mass is 16.2. The normalized spacial score (nSPS) is 11.0. The van der Waals surface area contributed by atoms with Crippen LogP contribution < -0.4 is 16.2 Å². The van der Waals surface area contributed by atoms with E-state index in [9.17, 15) is 14.4 Å². The number of hydrogen-bond acceptors (Lipinski definition) is 5. The van der Waals surface area contributed by atoms with E-state index < -0.39 is 11.9 Å². The highest BCUT2D eigenvalue weighted by Crippen LogP contribution is 2.02. The molecule has 0 atom stereocenters. The van der Waals surface area contributed by atoms with Crippen molar-refractivity contribution in [2.45, 2.75) is 26.8 Å². The molecule has 3 amide bonds. The van der Waals surface area contributed by atoms with Crippen molar-refractivity contribution in [2.24, 2.45) is 13.0 Å². The summed E-state index contributed by atoms with van der Waals surface area (Å²) in [5.74, 6) is -0.124. The fraction of sp³-hybridized carbons (Fsp3) is 0.500. The Hall–Kier alpha value is -2.71. The maximum absolute atomic E-state index is 12.2. The number of carbonyl (C=O) groups excluding carboxylic acids is 2. The molecule has 2 aromatic heterocycles. The lowest BCUT2D eigenvalue weighted by Crippen LogP contribution is -2.42. The minimum Gasteiger partial charge on any atom is -0.338 e. The molecule has 2 N–H and O–H groups in total. The molecule has 2 aromatic rings. The Labute approximate surface area is 132 Å². The maximum Gasteiger partial charge on any atom is 0.321 e. The van der Waals surface area contributed by atoms with Crippen LogP contribution in [0.3, 0.4) is 0 Å². The number of urea groups is 1. The average Bonchev–Trinajstić information content (AvgIpc) is 2.83. The molecule has 2 rings (SSSR count). The van der Waals surface area contributed by atoms with Gasteiger partial charge in [-0.2, -0.15) is 5.10 Å². The van der Waals surface area contributed by atoms with Crippen LogP contribution in [0.15, 0.2) is 17.3 Å². The highest BCUT2D eigenvalue weighted by molar-refractivity contribution is 5.94. The molecule has 0 bridgehead atoms. The number of hydrogen-bond donors (Lipinski definition) is 2. The molecule has 0 saturated carbocycles. The molecule has 0 saturated heterocycles. The van der Waals surface area contributed by atoms with E-state index in [2.05, 4.69) is 20.7 Å². The van der Waals surface area contributed by atoms with Crippen molar-refractivity contribution >= 4 is 23.0 Å². The number of aryl methyl sites for hydroxylation is 1. The first-order valence-electron chi connectivity index (χ1n) is 7.33. The van der Waals surface area contributed by atoms with E-state index in [4.69, 9.17) is 0 Å². The van der Waals surface area contributed by atoms with Crippen molar-refractivity contribution in [3.8, 4) is 0 Å². The first-order valence-corrected chi connectivity index (χ1v) is 7.33. The van der Waals surface area contributed by atoms with Crippen LogP contribution in [0.2, 0.25) is 0 Å². The molecule has 23 heavy (non-hydrogen) atoms. The van der Waals surface area contributed by atoms with E-state index >= 15 is 0 Å². The molecule has 0 aliphatic heterocycles. The van der Waals surface area contributed by atoms with Gasteiger partial charge in [-0.15, -0.1) is 0 Å². The fourth-order valence-corrected chi connectivity index (χ4v) is 2.02. The van der Waals surface area contributed by atoms with Crippen LogP contribution in [0.25, 0.3) is 11.0 Å². The number of amides is 3. The summed E-state index contributed by atoms with van der Waals surface area (Å²) in [6.45, 7) is 4.28. The maximum atomic E-state index is 12.2. The molecule has 0 aliphatic carbocycles. The fourth-order valence-electron chi connectivity index (χ4n) is 2.02. The third-order valence-electron chi connectivity index (χ3n) is 3.29. The second-order valence-electron chi connectivity index (χ2n) is 5.67. The zero-order chi connectivity index (χ0) is 17.0. The Bertz CT molecular complexity index is 776. The molecule has 2 heterocycles. The van der Waals surface area contributed by atoms with Crippen LogP contribution in [0.5, 0.6) is 0 Å². The summed E-state index contributed by atoms with van der Waals surface area (Å²) in [4.78, 5) is 39.7. The van der Waals surface area contributed by atoms with Gasteiger partial charge in [0.1, 0.15) is 18.3 Å². The van der Waals surface area contributed by atoms with Crippen molar-refractivity contribution in [3.05, 3.63) is 22.9 Å². The number of rotatable bonds is 5.